The monoisotopic (exact) mass is 1090 g/mol. The molecule has 0 spiro atoms. The van der Waals surface area contributed by atoms with E-state index in [4.69, 9.17) is 14.2 Å². The Balaban J connectivity index is 0.831. The fraction of sp³-hybridized carbons (Fsp3) is 0.422. The Morgan fingerprint density at radius 1 is 0.937 bits per heavy atom. The number of likely N-dealkylation sites (tertiary alicyclic amines) is 1. The van der Waals surface area contributed by atoms with Crippen LogP contribution in [0, 0.1) is 33.6 Å². The van der Waals surface area contributed by atoms with Crippen LogP contribution in [0.4, 0.5) is 5.69 Å². The molecule has 5 heterocycles. The number of aromatic amines is 1. The van der Waals surface area contributed by atoms with Crippen molar-refractivity contribution in [2.45, 2.75) is 131 Å². The van der Waals surface area contributed by atoms with Crippen molar-refractivity contribution < 1.29 is 33.7 Å². The third kappa shape index (κ3) is 12.9. The van der Waals surface area contributed by atoms with Gasteiger partial charge in [0, 0.05) is 92.0 Å². The number of amides is 2. The minimum atomic E-state index is -0.786. The molecule has 0 aliphatic carbocycles. The van der Waals surface area contributed by atoms with E-state index >= 15 is 0 Å². The summed E-state index contributed by atoms with van der Waals surface area (Å²) in [6.45, 7) is 22.1. The molecule has 14 nitrogen and oxygen atoms in total. The van der Waals surface area contributed by atoms with Gasteiger partial charge in [0.05, 0.1) is 41.4 Å². The van der Waals surface area contributed by atoms with Crippen LogP contribution in [0.25, 0.3) is 27.3 Å². The number of ether oxygens (including phenoxy) is 3. The largest absolute Gasteiger partial charge is 0.494 e. The minimum absolute atomic E-state index is 0.0565. The lowest BCUT2D eigenvalue weighted by atomic mass is 9.95. The van der Waals surface area contributed by atoms with Crippen LogP contribution in [0.2, 0.25) is 0 Å². The summed E-state index contributed by atoms with van der Waals surface area (Å²) in [6, 6.07) is 27.2. The number of thiazole rings is 1. The molecule has 3 aliphatic rings. The Bertz CT molecular complexity index is 3230. The number of aryl methyl sites for hydroxylation is 4. The van der Waals surface area contributed by atoms with Gasteiger partial charge < -0.3 is 44.3 Å². The summed E-state index contributed by atoms with van der Waals surface area (Å²) >= 11 is 1.57. The van der Waals surface area contributed by atoms with Crippen molar-refractivity contribution in [1.29, 1.82) is 0 Å². The number of carbonyl (C=O) groups is 3. The molecule has 2 unspecified atom stereocenters. The van der Waals surface area contributed by atoms with Gasteiger partial charge in [0.25, 0.3) is 11.5 Å². The first kappa shape index (κ1) is 56.6. The van der Waals surface area contributed by atoms with E-state index in [1.807, 2.05) is 114 Å². The average molecular weight is 1090 g/mol. The molecule has 6 aromatic rings. The zero-order valence-corrected chi connectivity index (χ0v) is 47.7. The van der Waals surface area contributed by atoms with E-state index in [2.05, 4.69) is 56.8 Å². The smallest absolute Gasteiger partial charge is 0.253 e. The molecule has 2 amide bonds. The average Bonchev–Trinajstić information content (AvgIpc) is 4.35. The minimum Gasteiger partial charge on any atom is -0.494 e. The number of ketones is 1. The summed E-state index contributed by atoms with van der Waals surface area (Å²) in [5.74, 6) is 0.898. The molecule has 79 heavy (non-hydrogen) atoms. The number of pyridine rings is 1. The number of nitrogens with one attached hydrogen (secondary N) is 2. The lowest BCUT2D eigenvalue weighted by Gasteiger charge is -2.37. The van der Waals surface area contributed by atoms with Crippen molar-refractivity contribution in [3.8, 4) is 33.1 Å². The van der Waals surface area contributed by atoms with Crippen LogP contribution < -0.4 is 25.2 Å². The number of nitrogens with zero attached hydrogens (tertiary/aromatic N) is 4. The van der Waals surface area contributed by atoms with Gasteiger partial charge >= 0.3 is 0 Å². The number of rotatable bonds is 22. The van der Waals surface area contributed by atoms with E-state index in [0.29, 0.717) is 56.3 Å². The Labute approximate surface area is 468 Å². The van der Waals surface area contributed by atoms with Crippen LogP contribution in [0.15, 0.2) is 102 Å². The van der Waals surface area contributed by atoms with E-state index in [9.17, 15) is 24.3 Å². The number of Topliss-reactive ketones (excluding diaryl/α,β-unsaturated/α-hetero) is 1. The van der Waals surface area contributed by atoms with Crippen molar-refractivity contribution >= 4 is 40.3 Å². The van der Waals surface area contributed by atoms with E-state index in [1.54, 1.807) is 16.2 Å². The SMILES string of the molecule is C=C1c2ccccc2CN1C(C(=O)N1C[C@H](O)CC1C(=O)CCc1ccc(-c2scnc2C)cc1OCCCCOc1ccc(-c2cc(C(=O)NCc3c(C)cc(C)[nH]c3=O)c(C)c(N(CC)C3CCOCC3)c2)cc1)C(C)C. The second-order valence-corrected chi connectivity index (χ2v) is 22.6. The van der Waals surface area contributed by atoms with Crippen molar-refractivity contribution in [3.63, 3.8) is 0 Å². The van der Waals surface area contributed by atoms with Crippen LogP contribution in [0.1, 0.15) is 114 Å². The highest BCUT2D eigenvalue weighted by atomic mass is 32.1. The topological polar surface area (TPSA) is 167 Å². The van der Waals surface area contributed by atoms with Gasteiger partial charge in [0.2, 0.25) is 5.91 Å². The number of β-amino-alcohol motifs (C(OH)–C–C–N with tert-alkyl or cyclic N) is 1. The van der Waals surface area contributed by atoms with Crippen LogP contribution >= 0.6 is 11.3 Å². The van der Waals surface area contributed by atoms with Gasteiger partial charge in [-0.05, 0) is 148 Å². The molecule has 2 saturated heterocycles. The van der Waals surface area contributed by atoms with Crippen molar-refractivity contribution in [2.24, 2.45) is 5.92 Å². The molecule has 9 rings (SSSR count). The molecular formula is C64H76N6O8S. The van der Waals surface area contributed by atoms with Gasteiger partial charge in [-0.2, -0.15) is 0 Å². The van der Waals surface area contributed by atoms with Gasteiger partial charge in [0.1, 0.15) is 17.5 Å². The fourth-order valence-electron chi connectivity index (χ4n) is 11.7. The predicted molar refractivity (Wildman–Crippen MR) is 313 cm³/mol. The molecule has 2 fully saturated rings. The van der Waals surface area contributed by atoms with Crippen molar-refractivity contribution in [3.05, 3.63) is 158 Å². The summed E-state index contributed by atoms with van der Waals surface area (Å²) in [5.41, 5.74) is 13.9. The summed E-state index contributed by atoms with van der Waals surface area (Å²) in [5, 5.41) is 14.0. The molecular weight excluding hydrogens is 1010 g/mol. The maximum Gasteiger partial charge on any atom is 0.253 e. The lowest BCUT2D eigenvalue weighted by molar-refractivity contribution is -0.142. The second-order valence-electron chi connectivity index (χ2n) is 21.7. The van der Waals surface area contributed by atoms with Gasteiger partial charge in [-0.1, -0.05) is 69.0 Å². The standard InChI is InChI=1S/C64H76N6O8S/c1-9-68(50-24-28-76-29-25-50)56-32-49(31-54(42(56)6)62(73)65-35-55-40(4)30-41(5)67-63(55)74)45-18-21-52(22-19-45)77-26-12-13-27-78-59-33-47(61-43(7)66-38-79-61)17-16-46(59)20-23-58(72)57-34-51(71)37-70(57)64(75)60(39(2)3)69-36-48-14-10-11-15-53(48)44(69)8/h10-11,14-19,21-22,30-33,38-39,50-51,57,60,71H,8-9,12-13,20,23-29,34-37H2,1-7H3,(H,65,73)(H,67,74)/t51-,57?,60?/m1/s1. The lowest BCUT2D eigenvalue weighted by Crippen LogP contribution is -2.52. The molecule has 0 radical (unpaired) electrons. The highest BCUT2D eigenvalue weighted by molar-refractivity contribution is 7.13. The molecule has 2 aromatic heterocycles. The quantitative estimate of drug-likeness (QED) is 0.0554. The maximum absolute atomic E-state index is 14.5. The third-order valence-corrected chi connectivity index (χ3v) is 16.9. The molecule has 416 valence electrons. The summed E-state index contributed by atoms with van der Waals surface area (Å²) < 4.78 is 18.5. The summed E-state index contributed by atoms with van der Waals surface area (Å²) in [4.78, 5) is 70.1. The molecule has 0 bridgehead atoms. The highest BCUT2D eigenvalue weighted by Gasteiger charge is 2.44. The molecule has 3 aliphatic heterocycles. The van der Waals surface area contributed by atoms with E-state index < -0.39 is 18.2 Å². The number of hydrogen-bond acceptors (Lipinski definition) is 12. The first-order valence-corrected chi connectivity index (χ1v) is 28.9. The first-order valence-electron chi connectivity index (χ1n) is 28.0. The van der Waals surface area contributed by atoms with Gasteiger partial charge in [-0.15, -0.1) is 11.3 Å². The fourth-order valence-corrected chi connectivity index (χ4v) is 12.5. The number of carbonyl (C=O) groups excluding carboxylic acids is 3. The number of fused-ring (bicyclic) bond motifs is 1. The van der Waals surface area contributed by atoms with E-state index in [-0.39, 0.29) is 61.0 Å². The number of benzene rings is 4. The number of aromatic nitrogens is 2. The molecule has 4 aromatic carbocycles. The first-order chi connectivity index (χ1) is 38.1. The molecule has 3 N–H and O–H groups in total. The highest BCUT2D eigenvalue weighted by Crippen LogP contribution is 2.39. The molecule has 3 atom stereocenters. The van der Waals surface area contributed by atoms with E-state index in [1.165, 1.54) is 0 Å². The van der Waals surface area contributed by atoms with E-state index in [0.717, 1.165) is 110 Å². The van der Waals surface area contributed by atoms with Crippen molar-refractivity contribution in [1.82, 2.24) is 25.1 Å². The van der Waals surface area contributed by atoms with Crippen LogP contribution in [0.3, 0.4) is 0 Å². The zero-order chi connectivity index (χ0) is 55.9. The van der Waals surface area contributed by atoms with Gasteiger partial charge in [-0.3, -0.25) is 19.2 Å². The van der Waals surface area contributed by atoms with Gasteiger partial charge in [0.15, 0.2) is 5.78 Å². The normalized spacial score (nSPS) is 16.8. The number of unbranched alkanes of at least 4 members (excludes halogenated alkanes) is 1. The Hall–Kier alpha value is -7.07. The zero-order valence-electron chi connectivity index (χ0n) is 46.9. The van der Waals surface area contributed by atoms with Crippen LogP contribution in [-0.4, -0.2) is 106 Å². The number of aliphatic hydroxyl groups excluding tert-OH is 1. The second kappa shape index (κ2) is 25.4. The Morgan fingerprint density at radius 2 is 1.67 bits per heavy atom. The van der Waals surface area contributed by atoms with Crippen molar-refractivity contribution in [2.75, 3.05) is 44.4 Å². The maximum atomic E-state index is 14.5. The Kier molecular flexibility index (Phi) is 18.2. The number of anilines is 1. The summed E-state index contributed by atoms with van der Waals surface area (Å²) in [7, 11) is 0. The molecule has 0 saturated carbocycles. The number of hydrogen-bond donors (Lipinski definition) is 3. The summed E-state index contributed by atoms with van der Waals surface area (Å²) in [6.07, 6.45) is 3.28. The number of aliphatic hydroxyl groups is 1. The molecule has 15 heteroatoms. The van der Waals surface area contributed by atoms with Gasteiger partial charge in [-0.25, -0.2) is 4.98 Å². The third-order valence-electron chi connectivity index (χ3n) is 16.0. The van der Waals surface area contributed by atoms with Crippen LogP contribution in [-0.2, 0) is 33.8 Å². The predicted octanol–water partition coefficient (Wildman–Crippen LogP) is 10.5. The Morgan fingerprint density at radius 3 is 2.37 bits per heavy atom. The van der Waals surface area contributed by atoms with Crippen LogP contribution in [0.5, 0.6) is 11.5 Å². The number of H-pyrrole nitrogens is 1.